The highest BCUT2D eigenvalue weighted by atomic mass is 16.3. The lowest BCUT2D eigenvalue weighted by Gasteiger charge is -2.04. The van der Waals surface area contributed by atoms with Crippen molar-refractivity contribution in [1.29, 1.82) is 0 Å². The molecule has 4 rings (SSSR count). The first-order chi connectivity index (χ1) is 8.43. The predicted molar refractivity (Wildman–Crippen MR) is 64.6 cm³/mol. The lowest BCUT2D eigenvalue weighted by atomic mass is 10.0. The van der Waals surface area contributed by atoms with Gasteiger partial charge in [-0.2, -0.15) is 0 Å². The maximum atomic E-state index is 5.68. The summed E-state index contributed by atoms with van der Waals surface area (Å²) in [5, 5.41) is 3.54. The number of rotatable bonds is 4. The minimum absolute atomic E-state index is 0.705. The van der Waals surface area contributed by atoms with Crippen molar-refractivity contribution in [2.75, 3.05) is 0 Å². The quantitative estimate of drug-likeness (QED) is 0.867. The van der Waals surface area contributed by atoms with Crippen LogP contribution < -0.4 is 5.32 Å². The Balaban J connectivity index is 1.47. The van der Waals surface area contributed by atoms with Gasteiger partial charge in [0.25, 0.3) is 0 Å². The van der Waals surface area contributed by atoms with Crippen LogP contribution in [0.2, 0.25) is 0 Å². The van der Waals surface area contributed by atoms with Gasteiger partial charge in [0.1, 0.15) is 5.76 Å². The Hall–Kier alpha value is -0.830. The molecule has 1 aromatic rings. The van der Waals surface area contributed by atoms with E-state index in [-0.39, 0.29) is 0 Å². The molecule has 1 aromatic heterocycles. The number of hydrogen-bond donors (Lipinski definition) is 1. The number of nitrogens with one attached hydrogen (secondary N) is 1. The SMILES string of the molecule is c1nc(CNC2CC2)c(C2C3CCCCC32)o1. The average Bonchev–Trinajstić information content (AvgIpc) is 3.26. The molecule has 3 saturated carbocycles. The first kappa shape index (κ1) is 10.1. The van der Waals surface area contributed by atoms with Crippen LogP contribution in [0, 0.1) is 11.8 Å². The van der Waals surface area contributed by atoms with Gasteiger partial charge in [0.05, 0.1) is 5.69 Å². The van der Waals surface area contributed by atoms with E-state index in [4.69, 9.17) is 4.42 Å². The minimum Gasteiger partial charge on any atom is -0.448 e. The molecule has 0 aliphatic heterocycles. The molecule has 1 N–H and O–H groups in total. The molecule has 0 bridgehead atoms. The van der Waals surface area contributed by atoms with Crippen LogP contribution >= 0.6 is 0 Å². The van der Waals surface area contributed by atoms with Crippen molar-refractivity contribution in [2.45, 2.75) is 57.0 Å². The summed E-state index contributed by atoms with van der Waals surface area (Å²) < 4.78 is 5.68. The van der Waals surface area contributed by atoms with Crippen LogP contribution in [0.5, 0.6) is 0 Å². The van der Waals surface area contributed by atoms with Crippen LogP contribution in [0.15, 0.2) is 10.8 Å². The summed E-state index contributed by atoms with van der Waals surface area (Å²) in [6.45, 7) is 0.909. The fourth-order valence-corrected chi connectivity index (χ4v) is 3.59. The van der Waals surface area contributed by atoms with Crippen molar-refractivity contribution in [3.63, 3.8) is 0 Å². The highest BCUT2D eigenvalue weighted by molar-refractivity contribution is 5.24. The molecule has 3 nitrogen and oxygen atoms in total. The number of aromatic nitrogens is 1. The van der Waals surface area contributed by atoms with Crippen molar-refractivity contribution < 1.29 is 4.42 Å². The summed E-state index contributed by atoms with van der Waals surface area (Å²) in [5.74, 6) is 3.74. The van der Waals surface area contributed by atoms with Crippen molar-refractivity contribution in [1.82, 2.24) is 10.3 Å². The van der Waals surface area contributed by atoms with Crippen molar-refractivity contribution in [3.8, 4) is 0 Å². The van der Waals surface area contributed by atoms with Crippen LogP contribution in [0.1, 0.15) is 55.9 Å². The van der Waals surface area contributed by atoms with E-state index in [1.54, 1.807) is 6.39 Å². The van der Waals surface area contributed by atoms with Crippen LogP contribution in [-0.4, -0.2) is 11.0 Å². The highest BCUT2D eigenvalue weighted by Crippen LogP contribution is 2.61. The van der Waals surface area contributed by atoms with E-state index >= 15 is 0 Å². The standard InChI is InChI=1S/C14H20N2O/c1-2-4-11-10(3-1)13(11)14-12(16-8-17-14)7-15-9-5-6-9/h8-11,13,15H,1-7H2. The molecule has 0 amide bonds. The number of nitrogens with zero attached hydrogens (tertiary/aromatic N) is 1. The smallest absolute Gasteiger partial charge is 0.181 e. The maximum absolute atomic E-state index is 5.68. The summed E-state index contributed by atoms with van der Waals surface area (Å²) in [4.78, 5) is 4.41. The second kappa shape index (κ2) is 3.84. The third-order valence-corrected chi connectivity index (χ3v) is 4.77. The number of hydrogen-bond acceptors (Lipinski definition) is 3. The highest BCUT2D eigenvalue weighted by Gasteiger charge is 2.53. The number of fused-ring (bicyclic) bond motifs is 1. The zero-order valence-electron chi connectivity index (χ0n) is 10.2. The maximum Gasteiger partial charge on any atom is 0.181 e. The predicted octanol–water partition coefficient (Wildman–Crippen LogP) is 2.83. The van der Waals surface area contributed by atoms with Gasteiger partial charge in [-0.25, -0.2) is 4.98 Å². The Morgan fingerprint density at radius 1 is 1.18 bits per heavy atom. The summed E-state index contributed by atoms with van der Waals surface area (Å²) >= 11 is 0. The topological polar surface area (TPSA) is 38.1 Å². The van der Waals surface area contributed by atoms with Gasteiger partial charge in [-0.05, 0) is 37.5 Å². The Labute approximate surface area is 102 Å². The summed E-state index contributed by atoms with van der Waals surface area (Å²) in [6, 6.07) is 0.751. The van der Waals surface area contributed by atoms with Gasteiger partial charge in [-0.1, -0.05) is 12.8 Å². The normalized spacial score (nSPS) is 35.6. The molecule has 3 aliphatic carbocycles. The second-order valence-electron chi connectivity index (χ2n) is 5.96. The third-order valence-electron chi connectivity index (χ3n) is 4.77. The van der Waals surface area contributed by atoms with Crippen LogP contribution in [0.25, 0.3) is 0 Å². The van der Waals surface area contributed by atoms with Crippen molar-refractivity contribution in [2.24, 2.45) is 11.8 Å². The largest absolute Gasteiger partial charge is 0.448 e. The Bertz CT molecular complexity index is 398. The second-order valence-corrected chi connectivity index (χ2v) is 5.96. The number of oxazole rings is 1. The molecular formula is C14H20N2O. The molecule has 1 heterocycles. The molecule has 0 spiro atoms. The molecular weight excluding hydrogens is 212 g/mol. The summed E-state index contributed by atoms with van der Waals surface area (Å²) in [6.07, 6.45) is 9.97. The fraction of sp³-hybridized carbons (Fsp3) is 0.786. The zero-order valence-corrected chi connectivity index (χ0v) is 10.2. The van der Waals surface area contributed by atoms with Gasteiger partial charge in [0.2, 0.25) is 0 Å². The molecule has 3 heteroatoms. The average molecular weight is 232 g/mol. The van der Waals surface area contributed by atoms with Gasteiger partial charge in [0, 0.05) is 18.5 Å². The van der Waals surface area contributed by atoms with Gasteiger partial charge < -0.3 is 9.73 Å². The summed E-state index contributed by atoms with van der Waals surface area (Å²) in [5.41, 5.74) is 1.18. The Kier molecular flexibility index (Phi) is 2.29. The molecule has 3 aliphatic rings. The van der Waals surface area contributed by atoms with E-state index in [2.05, 4.69) is 10.3 Å². The van der Waals surface area contributed by atoms with Gasteiger partial charge in [0.15, 0.2) is 6.39 Å². The summed E-state index contributed by atoms with van der Waals surface area (Å²) in [7, 11) is 0. The molecule has 92 valence electrons. The van der Waals surface area contributed by atoms with Crippen LogP contribution in [-0.2, 0) is 6.54 Å². The van der Waals surface area contributed by atoms with E-state index in [0.717, 1.165) is 24.4 Å². The fourth-order valence-electron chi connectivity index (χ4n) is 3.59. The molecule has 17 heavy (non-hydrogen) atoms. The van der Waals surface area contributed by atoms with Crippen LogP contribution in [0.3, 0.4) is 0 Å². The molecule has 3 fully saturated rings. The van der Waals surface area contributed by atoms with E-state index in [9.17, 15) is 0 Å². The molecule has 2 atom stereocenters. The van der Waals surface area contributed by atoms with E-state index in [0.29, 0.717) is 5.92 Å². The van der Waals surface area contributed by atoms with E-state index in [1.165, 1.54) is 50.0 Å². The first-order valence-corrected chi connectivity index (χ1v) is 7.09. The monoisotopic (exact) mass is 232 g/mol. The molecule has 0 aromatic carbocycles. The molecule has 0 saturated heterocycles. The van der Waals surface area contributed by atoms with Crippen LogP contribution in [0.4, 0.5) is 0 Å². The van der Waals surface area contributed by atoms with Crippen molar-refractivity contribution in [3.05, 3.63) is 17.8 Å². The first-order valence-electron chi connectivity index (χ1n) is 7.09. The Morgan fingerprint density at radius 2 is 1.94 bits per heavy atom. The van der Waals surface area contributed by atoms with Gasteiger partial charge in [-0.3, -0.25) is 0 Å². The lowest BCUT2D eigenvalue weighted by Crippen LogP contribution is -2.16. The van der Waals surface area contributed by atoms with E-state index in [1.807, 2.05) is 0 Å². The van der Waals surface area contributed by atoms with E-state index < -0.39 is 0 Å². The lowest BCUT2D eigenvalue weighted by molar-refractivity contribution is 0.480. The Morgan fingerprint density at radius 3 is 2.65 bits per heavy atom. The molecule has 2 unspecified atom stereocenters. The van der Waals surface area contributed by atoms with Gasteiger partial charge in [-0.15, -0.1) is 0 Å². The van der Waals surface area contributed by atoms with Gasteiger partial charge >= 0.3 is 0 Å². The van der Waals surface area contributed by atoms with Crippen molar-refractivity contribution >= 4 is 0 Å². The minimum atomic E-state index is 0.705. The third kappa shape index (κ3) is 1.81. The zero-order chi connectivity index (χ0) is 11.2. The molecule has 0 radical (unpaired) electrons.